The minimum atomic E-state index is -3.88. The molecule has 3 heterocycles. The smallest absolute Gasteiger partial charge is 0.310 e. The second-order valence-corrected chi connectivity index (χ2v) is 13.4. The number of sulfonamides is 1. The molecule has 1 aromatic carbocycles. The molecule has 4 rings (SSSR count). The van der Waals surface area contributed by atoms with Gasteiger partial charge < -0.3 is 19.9 Å². The van der Waals surface area contributed by atoms with Crippen LogP contribution < -0.4 is 5.32 Å². The molecule has 3 amide bonds. The molecule has 0 bridgehead atoms. The highest BCUT2D eigenvalue weighted by molar-refractivity contribution is 7.89. The van der Waals surface area contributed by atoms with Gasteiger partial charge in [-0.1, -0.05) is 0 Å². The molecule has 1 N–H and O–H groups in total. The van der Waals surface area contributed by atoms with E-state index in [1.54, 1.807) is 16.7 Å². The van der Waals surface area contributed by atoms with Crippen LogP contribution >= 0.6 is 11.3 Å². The van der Waals surface area contributed by atoms with E-state index >= 15 is 0 Å². The Kier molecular flexibility index (Phi) is 10.1. The van der Waals surface area contributed by atoms with E-state index in [1.807, 2.05) is 13.8 Å². The van der Waals surface area contributed by atoms with Gasteiger partial charge in [0, 0.05) is 50.1 Å². The fourth-order valence-corrected chi connectivity index (χ4v) is 8.15. The van der Waals surface area contributed by atoms with Crippen LogP contribution in [0.1, 0.15) is 71.7 Å². The third-order valence-electron chi connectivity index (χ3n) is 7.75. The Bertz CT molecular complexity index is 1450. The lowest BCUT2D eigenvalue weighted by Crippen LogP contribution is -2.42. The summed E-state index contributed by atoms with van der Waals surface area (Å²) in [6.45, 7) is 9.51. The van der Waals surface area contributed by atoms with Gasteiger partial charge in [-0.2, -0.15) is 4.31 Å². The third kappa shape index (κ3) is 6.52. The van der Waals surface area contributed by atoms with Crippen molar-refractivity contribution in [2.45, 2.75) is 58.4 Å². The molecule has 2 aliphatic rings. The highest BCUT2D eigenvalue weighted by Crippen LogP contribution is 2.38. The first kappa shape index (κ1) is 31.6. The highest BCUT2D eigenvalue weighted by Gasteiger charge is 2.35. The van der Waals surface area contributed by atoms with Crippen molar-refractivity contribution in [1.29, 1.82) is 0 Å². The van der Waals surface area contributed by atoms with E-state index in [4.69, 9.17) is 4.74 Å². The first-order valence-electron chi connectivity index (χ1n) is 14.3. The molecule has 228 valence electrons. The molecule has 42 heavy (non-hydrogen) atoms. The van der Waals surface area contributed by atoms with E-state index in [0.29, 0.717) is 62.6 Å². The maximum atomic E-state index is 13.5. The molecule has 1 saturated heterocycles. The number of thiophene rings is 1. The van der Waals surface area contributed by atoms with E-state index in [2.05, 4.69) is 5.32 Å². The van der Waals surface area contributed by atoms with E-state index in [0.717, 1.165) is 10.4 Å². The van der Waals surface area contributed by atoms with Crippen molar-refractivity contribution in [2.24, 2.45) is 5.92 Å². The van der Waals surface area contributed by atoms with Crippen LogP contribution in [0.25, 0.3) is 0 Å². The van der Waals surface area contributed by atoms with E-state index < -0.39 is 27.8 Å². The summed E-state index contributed by atoms with van der Waals surface area (Å²) in [5.74, 6) is -1.60. The van der Waals surface area contributed by atoms with Gasteiger partial charge in [0.15, 0.2) is 0 Å². The predicted molar refractivity (Wildman–Crippen MR) is 159 cm³/mol. The average Bonchev–Trinajstić information content (AvgIpc) is 3.34. The summed E-state index contributed by atoms with van der Waals surface area (Å²) in [4.78, 5) is 55.3. The Labute approximate surface area is 250 Å². The zero-order chi connectivity index (χ0) is 30.6. The number of amides is 3. The van der Waals surface area contributed by atoms with Crippen LogP contribution in [0.2, 0.25) is 0 Å². The fraction of sp³-hybridized carbons (Fsp3) is 0.517. The number of carbonyl (C=O) groups excluding carboxylic acids is 4. The van der Waals surface area contributed by atoms with Gasteiger partial charge in [-0.25, -0.2) is 8.42 Å². The lowest BCUT2D eigenvalue weighted by atomic mass is 10.0. The maximum Gasteiger partial charge on any atom is 0.310 e. The number of carbonyl (C=O) groups is 4. The van der Waals surface area contributed by atoms with Gasteiger partial charge in [-0.15, -0.1) is 11.3 Å². The van der Waals surface area contributed by atoms with Gasteiger partial charge in [0.1, 0.15) is 5.00 Å². The summed E-state index contributed by atoms with van der Waals surface area (Å²) in [6, 6.07) is 5.63. The Morgan fingerprint density at radius 1 is 1.07 bits per heavy atom. The van der Waals surface area contributed by atoms with Crippen LogP contribution in [0.5, 0.6) is 0 Å². The van der Waals surface area contributed by atoms with Crippen molar-refractivity contribution in [3.63, 3.8) is 0 Å². The topological polar surface area (TPSA) is 133 Å². The summed E-state index contributed by atoms with van der Waals surface area (Å²) in [5.41, 5.74) is 1.54. The van der Waals surface area contributed by atoms with Gasteiger partial charge in [-0.3, -0.25) is 19.2 Å². The lowest BCUT2D eigenvalue weighted by molar-refractivity contribution is -0.149. The predicted octanol–water partition coefficient (Wildman–Crippen LogP) is 3.35. The molecule has 0 radical (unpaired) electrons. The van der Waals surface area contributed by atoms with Crippen molar-refractivity contribution >= 4 is 50.1 Å². The molecule has 0 saturated carbocycles. The summed E-state index contributed by atoms with van der Waals surface area (Å²) < 4.78 is 33.0. The van der Waals surface area contributed by atoms with E-state index in [-0.39, 0.29) is 35.4 Å². The Morgan fingerprint density at radius 2 is 1.76 bits per heavy atom. The quantitative estimate of drug-likeness (QED) is 0.426. The van der Waals surface area contributed by atoms with Gasteiger partial charge in [0.2, 0.25) is 15.9 Å². The fourth-order valence-electron chi connectivity index (χ4n) is 5.37. The number of ether oxygens (including phenoxy) is 1. The second-order valence-electron chi connectivity index (χ2n) is 10.3. The number of esters is 1. The summed E-state index contributed by atoms with van der Waals surface area (Å²) in [6.07, 6.45) is 1.64. The van der Waals surface area contributed by atoms with Crippen LogP contribution in [0, 0.1) is 5.92 Å². The molecule has 1 fully saturated rings. The van der Waals surface area contributed by atoms with Crippen molar-refractivity contribution in [3.8, 4) is 0 Å². The Morgan fingerprint density at radius 3 is 2.38 bits per heavy atom. The van der Waals surface area contributed by atoms with Crippen LogP contribution in [0.15, 0.2) is 29.2 Å². The van der Waals surface area contributed by atoms with Crippen molar-refractivity contribution < 1.29 is 32.3 Å². The van der Waals surface area contributed by atoms with Crippen LogP contribution in [0.3, 0.4) is 0 Å². The monoisotopic (exact) mass is 618 g/mol. The molecule has 2 aromatic rings. The number of benzene rings is 1. The summed E-state index contributed by atoms with van der Waals surface area (Å²) >= 11 is 1.29. The first-order chi connectivity index (χ1) is 20.0. The first-order valence-corrected chi connectivity index (χ1v) is 16.5. The average molecular weight is 619 g/mol. The third-order valence-corrected chi connectivity index (χ3v) is 10.8. The van der Waals surface area contributed by atoms with Gasteiger partial charge in [-0.05, 0) is 69.9 Å². The Balaban J connectivity index is 1.55. The number of anilines is 1. The number of nitrogens with one attached hydrogen (secondary N) is 1. The van der Waals surface area contributed by atoms with Crippen molar-refractivity contribution in [3.05, 3.63) is 45.8 Å². The maximum absolute atomic E-state index is 13.5. The number of hydrogen-bond donors (Lipinski definition) is 1. The molecule has 11 nitrogen and oxygen atoms in total. The number of piperidine rings is 1. The van der Waals surface area contributed by atoms with Gasteiger partial charge in [0.05, 0.1) is 29.5 Å². The minimum absolute atomic E-state index is 0.0249. The Hall–Kier alpha value is -3.29. The molecular weight excluding hydrogens is 580 g/mol. The molecule has 0 spiro atoms. The van der Waals surface area contributed by atoms with Crippen molar-refractivity contribution in [2.75, 3.05) is 44.6 Å². The summed E-state index contributed by atoms with van der Waals surface area (Å²) in [5, 5.41) is 3.30. The number of nitrogens with zero attached hydrogens (tertiary/aromatic N) is 3. The number of rotatable bonds is 9. The zero-order valence-corrected chi connectivity index (χ0v) is 26.1. The molecule has 1 aromatic heterocycles. The lowest BCUT2D eigenvalue weighted by Gasteiger charge is -2.30. The molecular formula is C29H38N4O7S2. The SMILES string of the molecule is CCOC(=O)C1CCCN(S(=O)(=O)c2ccc(C(=O)Nc3sc4c(c3C(=O)N(CC)CC)CCN(C(C)=O)C4)cc2)C1. The molecule has 1 unspecified atom stereocenters. The molecule has 0 aliphatic carbocycles. The summed E-state index contributed by atoms with van der Waals surface area (Å²) in [7, 11) is -3.88. The molecule has 13 heteroatoms. The standard InChI is InChI=1S/C29H38N4O7S2/c1-5-31(6-2)28(36)25-23-14-16-32(19(4)34)18-24(23)41-27(25)30-26(35)20-10-12-22(13-11-20)42(38,39)33-15-8-9-21(17-33)29(37)40-7-3/h10-13,21H,5-9,14-18H2,1-4H3,(H,30,35). The number of hydrogen-bond acceptors (Lipinski definition) is 8. The van der Waals surface area contributed by atoms with E-state index in [9.17, 15) is 27.6 Å². The normalized spacial score (nSPS) is 17.3. The van der Waals surface area contributed by atoms with Crippen LogP contribution in [-0.2, 0) is 37.3 Å². The molecule has 1 atom stereocenters. The molecule has 2 aliphatic heterocycles. The highest BCUT2D eigenvalue weighted by atomic mass is 32.2. The van der Waals surface area contributed by atoms with Crippen LogP contribution in [0.4, 0.5) is 5.00 Å². The second kappa shape index (κ2) is 13.3. The van der Waals surface area contributed by atoms with Gasteiger partial charge >= 0.3 is 5.97 Å². The number of fused-ring (bicyclic) bond motifs is 1. The zero-order valence-electron chi connectivity index (χ0n) is 24.5. The van der Waals surface area contributed by atoms with Crippen molar-refractivity contribution in [1.82, 2.24) is 14.1 Å². The van der Waals surface area contributed by atoms with Crippen LogP contribution in [-0.4, -0.2) is 85.5 Å². The minimum Gasteiger partial charge on any atom is -0.466 e. The van der Waals surface area contributed by atoms with E-state index in [1.165, 1.54) is 46.8 Å². The largest absolute Gasteiger partial charge is 0.466 e. The van der Waals surface area contributed by atoms with Gasteiger partial charge in [0.25, 0.3) is 11.8 Å².